The lowest BCUT2D eigenvalue weighted by atomic mass is 9.64. The summed E-state index contributed by atoms with van der Waals surface area (Å²) in [7, 11) is 1.67. The second-order valence-electron chi connectivity index (χ2n) is 9.57. The number of piperidine rings is 1. The standard InChI is InChI=1S/C26H32N2O2/c1-26-17-21-22(15-18-8-4-3-5-9-18)28(24(26)13-7-12-23(26)27-21)25(29)16-19-10-6-11-20(14-19)30-2/h3-6,8-11,14,21-24,27H,7,12-13,15-17H2,1-2H3/t21-,22+,23-,24+,26-/m0/s1. The molecule has 30 heavy (non-hydrogen) atoms. The first-order valence-electron chi connectivity index (χ1n) is 11.3. The number of carbonyl (C=O) groups excluding carboxylic acids is 1. The van der Waals surface area contributed by atoms with Crippen LogP contribution in [0.2, 0.25) is 0 Å². The number of nitrogens with zero attached hydrogens (tertiary/aromatic N) is 1. The number of rotatable bonds is 5. The second-order valence-corrected chi connectivity index (χ2v) is 9.57. The van der Waals surface area contributed by atoms with Crippen LogP contribution in [0.4, 0.5) is 0 Å². The van der Waals surface area contributed by atoms with Gasteiger partial charge >= 0.3 is 0 Å². The van der Waals surface area contributed by atoms with E-state index in [1.165, 1.54) is 24.8 Å². The minimum Gasteiger partial charge on any atom is -0.497 e. The van der Waals surface area contributed by atoms with E-state index in [4.69, 9.17) is 4.74 Å². The summed E-state index contributed by atoms with van der Waals surface area (Å²) in [6.45, 7) is 2.42. The molecular weight excluding hydrogens is 372 g/mol. The molecule has 2 aromatic carbocycles. The number of hydrogen-bond acceptors (Lipinski definition) is 3. The van der Waals surface area contributed by atoms with Gasteiger partial charge in [0, 0.05) is 23.5 Å². The normalized spacial score (nSPS) is 32.1. The maximum Gasteiger partial charge on any atom is 0.227 e. The van der Waals surface area contributed by atoms with Crippen LogP contribution >= 0.6 is 0 Å². The van der Waals surface area contributed by atoms with Crippen molar-refractivity contribution in [2.75, 3.05) is 7.11 Å². The van der Waals surface area contributed by atoms with Crippen LogP contribution in [0.5, 0.6) is 5.75 Å². The Morgan fingerprint density at radius 2 is 1.93 bits per heavy atom. The number of hydrogen-bond donors (Lipinski definition) is 1. The van der Waals surface area contributed by atoms with E-state index in [0.717, 1.165) is 24.2 Å². The maximum atomic E-state index is 13.8. The van der Waals surface area contributed by atoms with Gasteiger partial charge in [-0.25, -0.2) is 0 Å². The van der Waals surface area contributed by atoms with Gasteiger partial charge in [0.05, 0.1) is 19.6 Å². The van der Waals surface area contributed by atoms with Gasteiger partial charge in [0.1, 0.15) is 5.75 Å². The first-order chi connectivity index (χ1) is 14.6. The minimum absolute atomic E-state index is 0.195. The molecule has 4 nitrogen and oxygen atoms in total. The Bertz CT molecular complexity index is 914. The van der Waals surface area contributed by atoms with Crippen LogP contribution in [0, 0.1) is 5.41 Å². The molecule has 1 aliphatic carbocycles. The predicted molar refractivity (Wildman–Crippen MR) is 119 cm³/mol. The predicted octanol–water partition coefficient (Wildman–Crippen LogP) is 3.98. The van der Waals surface area contributed by atoms with Gasteiger partial charge in [-0.2, -0.15) is 0 Å². The van der Waals surface area contributed by atoms with Gasteiger partial charge < -0.3 is 15.0 Å². The molecule has 1 amide bonds. The van der Waals surface area contributed by atoms with Gasteiger partial charge in [-0.3, -0.25) is 4.79 Å². The van der Waals surface area contributed by atoms with E-state index < -0.39 is 0 Å². The molecule has 2 heterocycles. The van der Waals surface area contributed by atoms with Gasteiger partial charge in [-0.05, 0) is 55.4 Å². The summed E-state index contributed by atoms with van der Waals surface area (Å²) in [5, 5.41) is 3.95. The van der Waals surface area contributed by atoms with Crippen molar-refractivity contribution in [3.63, 3.8) is 0 Å². The van der Waals surface area contributed by atoms with Crippen molar-refractivity contribution in [1.82, 2.24) is 10.2 Å². The molecule has 3 fully saturated rings. The highest BCUT2D eigenvalue weighted by atomic mass is 16.5. The molecule has 2 saturated heterocycles. The fraction of sp³-hybridized carbons (Fsp3) is 0.500. The molecular formula is C26H32N2O2. The van der Waals surface area contributed by atoms with Gasteiger partial charge in [0.15, 0.2) is 0 Å². The van der Waals surface area contributed by atoms with Crippen LogP contribution < -0.4 is 10.1 Å². The van der Waals surface area contributed by atoms with Crippen LogP contribution in [0.1, 0.15) is 43.7 Å². The average molecular weight is 405 g/mol. The number of likely N-dealkylation sites (tertiary alicyclic amines) is 1. The summed E-state index contributed by atoms with van der Waals surface area (Å²) in [5.41, 5.74) is 2.54. The number of nitrogens with one attached hydrogen (secondary N) is 1. The van der Waals surface area contributed by atoms with Crippen LogP contribution in [0.15, 0.2) is 54.6 Å². The molecule has 0 aromatic heterocycles. The number of fused-ring (bicyclic) bond motifs is 1. The number of amides is 1. The van der Waals surface area contributed by atoms with Crippen molar-refractivity contribution in [3.8, 4) is 5.75 Å². The van der Waals surface area contributed by atoms with Gasteiger partial charge in [0.2, 0.25) is 5.91 Å². The zero-order valence-electron chi connectivity index (χ0n) is 18.0. The summed E-state index contributed by atoms with van der Waals surface area (Å²) in [6.07, 6.45) is 6.10. The third-order valence-electron chi connectivity index (χ3n) is 7.83. The van der Waals surface area contributed by atoms with E-state index in [2.05, 4.69) is 47.5 Å². The Kier molecular flexibility index (Phi) is 5.06. The van der Waals surface area contributed by atoms with E-state index in [0.29, 0.717) is 24.5 Å². The molecule has 2 aromatic rings. The van der Waals surface area contributed by atoms with Crippen LogP contribution in [0.25, 0.3) is 0 Å². The number of benzene rings is 2. The van der Waals surface area contributed by atoms with E-state index >= 15 is 0 Å². The molecule has 0 spiro atoms. The van der Waals surface area contributed by atoms with Gasteiger partial charge in [-0.15, -0.1) is 0 Å². The third kappa shape index (κ3) is 3.31. The van der Waals surface area contributed by atoms with E-state index in [-0.39, 0.29) is 17.4 Å². The lowest BCUT2D eigenvalue weighted by Crippen LogP contribution is -2.62. The van der Waals surface area contributed by atoms with E-state index in [1.807, 2.05) is 24.3 Å². The average Bonchev–Trinajstić information content (AvgIpc) is 3.11. The summed E-state index contributed by atoms with van der Waals surface area (Å²) in [6, 6.07) is 20.1. The molecule has 5 atom stereocenters. The van der Waals surface area contributed by atoms with Crippen LogP contribution in [-0.4, -0.2) is 42.1 Å². The van der Waals surface area contributed by atoms with Crippen molar-refractivity contribution in [2.24, 2.45) is 5.41 Å². The van der Waals surface area contributed by atoms with Crippen molar-refractivity contribution in [3.05, 3.63) is 65.7 Å². The summed E-state index contributed by atoms with van der Waals surface area (Å²) < 4.78 is 5.37. The highest BCUT2D eigenvalue weighted by Gasteiger charge is 2.60. The zero-order chi connectivity index (χ0) is 20.7. The van der Waals surface area contributed by atoms with Gasteiger partial charge in [0.25, 0.3) is 0 Å². The second kappa shape index (κ2) is 7.73. The largest absolute Gasteiger partial charge is 0.497 e. The first kappa shape index (κ1) is 19.6. The van der Waals surface area contributed by atoms with E-state index in [1.54, 1.807) is 7.11 Å². The summed E-state index contributed by atoms with van der Waals surface area (Å²) >= 11 is 0. The lowest BCUT2D eigenvalue weighted by Gasteiger charge is -2.53. The highest BCUT2D eigenvalue weighted by Crippen LogP contribution is 2.52. The molecule has 1 N–H and O–H groups in total. The SMILES string of the molecule is COc1cccc(CC(=O)N2[C@H](Cc3ccccc3)[C@@H]3C[C@@]4(C)[C@H](CCC[C@@H]24)N3)c1. The molecule has 2 bridgehead atoms. The van der Waals surface area contributed by atoms with Crippen LogP contribution in [-0.2, 0) is 17.6 Å². The van der Waals surface area contributed by atoms with Crippen LogP contribution in [0.3, 0.4) is 0 Å². The lowest BCUT2D eigenvalue weighted by molar-refractivity contribution is -0.144. The molecule has 4 heteroatoms. The maximum absolute atomic E-state index is 13.8. The summed E-state index contributed by atoms with van der Waals surface area (Å²) in [4.78, 5) is 16.1. The highest BCUT2D eigenvalue weighted by molar-refractivity contribution is 5.80. The third-order valence-corrected chi connectivity index (χ3v) is 7.83. The Labute approximate surface area is 179 Å². The topological polar surface area (TPSA) is 41.6 Å². The van der Waals surface area contributed by atoms with Gasteiger partial charge in [-0.1, -0.05) is 49.4 Å². The fourth-order valence-corrected chi connectivity index (χ4v) is 6.38. The molecule has 0 radical (unpaired) electrons. The van der Waals surface area contributed by atoms with Crippen molar-refractivity contribution < 1.29 is 9.53 Å². The smallest absolute Gasteiger partial charge is 0.227 e. The minimum atomic E-state index is 0.195. The Morgan fingerprint density at radius 3 is 2.73 bits per heavy atom. The molecule has 3 aliphatic rings. The quantitative estimate of drug-likeness (QED) is 0.820. The first-order valence-corrected chi connectivity index (χ1v) is 11.3. The Balaban J connectivity index is 1.47. The Morgan fingerprint density at radius 1 is 1.13 bits per heavy atom. The monoisotopic (exact) mass is 404 g/mol. The molecule has 5 rings (SSSR count). The summed E-state index contributed by atoms with van der Waals surface area (Å²) in [5.74, 6) is 1.07. The number of carbonyl (C=O) groups is 1. The molecule has 0 unspecified atom stereocenters. The van der Waals surface area contributed by atoms with Crippen molar-refractivity contribution in [1.29, 1.82) is 0 Å². The molecule has 158 valence electrons. The molecule has 1 saturated carbocycles. The van der Waals surface area contributed by atoms with Crippen molar-refractivity contribution >= 4 is 5.91 Å². The fourth-order valence-electron chi connectivity index (χ4n) is 6.38. The zero-order valence-corrected chi connectivity index (χ0v) is 18.0. The van der Waals surface area contributed by atoms with Crippen molar-refractivity contribution in [2.45, 2.75) is 69.6 Å². The number of ether oxygens (including phenoxy) is 1. The Hall–Kier alpha value is -2.33. The number of methoxy groups -OCH3 is 1. The van der Waals surface area contributed by atoms with E-state index in [9.17, 15) is 4.79 Å². The molecule has 2 aliphatic heterocycles.